The number of esters is 1. The zero-order valence-electron chi connectivity index (χ0n) is 23.0. The van der Waals surface area contributed by atoms with Gasteiger partial charge in [0.05, 0.1) is 11.9 Å². The molecule has 0 aromatic heterocycles. The van der Waals surface area contributed by atoms with E-state index in [0.29, 0.717) is 32.1 Å². The van der Waals surface area contributed by atoms with Gasteiger partial charge in [-0.3, -0.25) is 4.79 Å². The molecule has 15 heteroatoms. The normalized spacial score (nSPS) is 33.2. The molecule has 0 heterocycles. The lowest BCUT2D eigenvalue weighted by Gasteiger charge is -2.61. The summed E-state index contributed by atoms with van der Waals surface area (Å²) < 4.78 is 118. The van der Waals surface area contributed by atoms with Crippen LogP contribution in [0, 0.1) is 22.7 Å². The minimum atomic E-state index is -6.81. The zero-order chi connectivity index (χ0) is 30.7. The molecule has 3 unspecified atom stereocenters. The second-order valence-electron chi connectivity index (χ2n) is 12.5. The van der Waals surface area contributed by atoms with Gasteiger partial charge in [0.1, 0.15) is 5.78 Å². The summed E-state index contributed by atoms with van der Waals surface area (Å²) >= 11 is 6.24. The maximum atomic E-state index is 14.6. The molecule has 0 aliphatic heterocycles. The van der Waals surface area contributed by atoms with Crippen LogP contribution in [-0.2, 0) is 28.1 Å². The highest BCUT2D eigenvalue weighted by Crippen LogP contribution is 2.66. The minimum Gasteiger partial charge on any atom is -0.463 e. The van der Waals surface area contributed by atoms with Gasteiger partial charge in [0.2, 0.25) is 0 Å². The minimum absolute atomic E-state index is 0.0163. The van der Waals surface area contributed by atoms with E-state index >= 15 is 0 Å². The topological polar surface area (TPSA) is 86.7 Å². The van der Waals surface area contributed by atoms with Crippen molar-refractivity contribution in [2.45, 2.75) is 100 Å². The van der Waals surface area contributed by atoms with Crippen molar-refractivity contribution in [1.82, 2.24) is 0 Å². The highest BCUT2D eigenvalue weighted by Gasteiger charge is 2.86. The van der Waals surface area contributed by atoms with Gasteiger partial charge in [-0.25, -0.2) is 8.42 Å². The lowest BCUT2D eigenvalue weighted by atomic mass is 9.45. The van der Waals surface area contributed by atoms with E-state index < -0.39 is 66.6 Å². The fraction of sp³-hybridized carbons (Fsp3) is 0.923. The predicted molar refractivity (Wildman–Crippen MR) is 142 cm³/mol. The van der Waals surface area contributed by atoms with E-state index in [4.69, 9.17) is 20.0 Å². The molecule has 0 aromatic carbocycles. The van der Waals surface area contributed by atoms with E-state index in [2.05, 4.69) is 0 Å². The third-order valence-corrected chi connectivity index (χ3v) is 17.0. The second-order valence-corrected chi connectivity index (χ2v) is 18.3. The number of ether oxygens (including phenoxy) is 1. The fourth-order valence-corrected chi connectivity index (χ4v) is 15.0. The number of carbonyl (C=O) groups excluding carboxylic acids is 2. The fourth-order valence-electron chi connectivity index (χ4n) is 8.46. The van der Waals surface area contributed by atoms with Gasteiger partial charge in [-0.1, -0.05) is 20.3 Å². The Morgan fingerprint density at radius 1 is 0.951 bits per heavy atom. The molecule has 3 atom stereocenters. The number of hydrogen-bond donors (Lipinski definition) is 0. The molecular weight excluding hydrogens is 622 g/mol. The van der Waals surface area contributed by atoms with E-state index in [1.807, 2.05) is 0 Å². The molecule has 0 N–H and O–H groups in total. The van der Waals surface area contributed by atoms with Gasteiger partial charge >= 0.3 is 33.2 Å². The predicted octanol–water partition coefficient (Wildman–Crippen LogP) is 6.84. The number of ketones is 1. The van der Waals surface area contributed by atoms with Gasteiger partial charge < -0.3 is 4.74 Å². The maximum absolute atomic E-state index is 14.6. The molecule has 0 radical (unpaired) electrons. The summed E-state index contributed by atoms with van der Waals surface area (Å²) in [4.78, 5) is 25.8. The lowest BCUT2D eigenvalue weighted by molar-refractivity contribution is -0.270. The first-order valence-corrected chi connectivity index (χ1v) is 17.9. The molecule has 5 aliphatic rings. The zero-order valence-corrected chi connectivity index (χ0v) is 25.4. The van der Waals surface area contributed by atoms with E-state index in [1.165, 1.54) is 13.8 Å². The van der Waals surface area contributed by atoms with Crippen molar-refractivity contribution in [3.8, 4) is 0 Å². The van der Waals surface area contributed by atoms with Crippen molar-refractivity contribution in [2.24, 2.45) is 22.7 Å². The van der Waals surface area contributed by atoms with Crippen LogP contribution in [0.1, 0.15) is 78.1 Å². The van der Waals surface area contributed by atoms with Crippen LogP contribution in [-0.4, -0.2) is 66.5 Å². The average Bonchev–Trinajstić information content (AvgIpc) is 2.84. The SMILES string of the molecule is CCS(CC)(OS(=O)(=O)C(C(=O)OCC12CC3CC(CC(CCl)(C3)C1)C2)(C(F)(F)F)C(F)(F)F)C1CCCCC1=O. The summed E-state index contributed by atoms with van der Waals surface area (Å²) in [6, 6.07) is 0. The largest absolute Gasteiger partial charge is 0.463 e. The monoisotopic (exact) mass is 658 g/mol. The molecule has 5 fully saturated rings. The van der Waals surface area contributed by atoms with Crippen molar-refractivity contribution in [3.63, 3.8) is 0 Å². The standard InChI is InChI=1S/C26H37ClF6O6S2/c1-3-40(4-2,20-8-6-5-7-19(20)34)39-41(36,37)24(25(28,29)30,26(31,32)33)21(35)38-16-23-12-17-9-18(13-23)11-22(10-17,14-23)15-27/h17-18,20H,3-16H2,1-2H3. The number of halogens is 7. The van der Waals surface area contributed by atoms with E-state index in [-0.39, 0.29) is 47.5 Å². The number of rotatable bonds is 10. The molecule has 238 valence electrons. The summed E-state index contributed by atoms with van der Waals surface area (Å²) in [5, 5.41) is -1.16. The smallest absolute Gasteiger partial charge is 0.430 e. The molecule has 4 bridgehead atoms. The number of carbonyl (C=O) groups is 2. The summed E-state index contributed by atoms with van der Waals surface area (Å²) in [5.41, 5.74) is -1.21. The third kappa shape index (κ3) is 5.43. The summed E-state index contributed by atoms with van der Waals surface area (Å²) in [6.45, 7) is 1.94. The summed E-state index contributed by atoms with van der Waals surface area (Å²) in [5.74, 6) is -3.43. The van der Waals surface area contributed by atoms with E-state index in [9.17, 15) is 44.3 Å². The Balaban J connectivity index is 1.71. The Morgan fingerprint density at radius 3 is 1.95 bits per heavy atom. The van der Waals surface area contributed by atoms with Crippen LogP contribution in [0.4, 0.5) is 26.3 Å². The lowest BCUT2D eigenvalue weighted by Crippen LogP contribution is -2.68. The van der Waals surface area contributed by atoms with Crippen LogP contribution in [0.5, 0.6) is 0 Å². The molecule has 6 nitrogen and oxygen atoms in total. The summed E-state index contributed by atoms with van der Waals surface area (Å²) in [6.07, 6.45) is -8.60. The van der Waals surface area contributed by atoms with Gasteiger partial charge in [-0.2, -0.15) is 34.8 Å². The highest BCUT2D eigenvalue weighted by atomic mass is 35.5. The van der Waals surface area contributed by atoms with Crippen molar-refractivity contribution >= 4 is 43.8 Å². The molecule has 0 amide bonds. The Bertz CT molecular complexity index is 1110. The number of hydrogen-bond acceptors (Lipinski definition) is 6. The maximum Gasteiger partial charge on any atom is 0.430 e. The van der Waals surface area contributed by atoms with E-state index in [0.717, 1.165) is 19.3 Å². The van der Waals surface area contributed by atoms with Crippen molar-refractivity contribution in [2.75, 3.05) is 24.0 Å². The van der Waals surface area contributed by atoms with Gasteiger partial charge in [0.25, 0.3) is 0 Å². The molecule has 5 rings (SSSR count). The van der Waals surface area contributed by atoms with Crippen LogP contribution < -0.4 is 0 Å². The Labute approximate surface area is 243 Å². The molecule has 41 heavy (non-hydrogen) atoms. The molecule has 5 aliphatic carbocycles. The Morgan fingerprint density at radius 2 is 1.49 bits per heavy atom. The van der Waals surface area contributed by atoms with Crippen LogP contribution in [0.2, 0.25) is 0 Å². The van der Waals surface area contributed by atoms with Crippen molar-refractivity contribution < 1.29 is 52.7 Å². The van der Waals surface area contributed by atoms with Gasteiger partial charge in [-0.15, -0.1) is 21.9 Å². The average molecular weight is 659 g/mol. The number of alkyl halides is 7. The van der Waals surface area contributed by atoms with Crippen LogP contribution in [0.25, 0.3) is 0 Å². The molecular formula is C26H37ClF6O6S2. The Kier molecular flexibility index (Phi) is 8.91. The summed E-state index contributed by atoms with van der Waals surface area (Å²) in [7, 11) is -10.2. The third-order valence-electron chi connectivity index (χ3n) is 9.78. The molecule has 5 saturated carbocycles. The number of Topliss-reactive ketones (excluding diaryl/α,β-unsaturated/α-hetero) is 1. The first-order chi connectivity index (χ1) is 18.9. The van der Waals surface area contributed by atoms with E-state index in [1.54, 1.807) is 0 Å². The molecule has 0 spiro atoms. The Hall–Kier alpha value is -0.730. The first-order valence-electron chi connectivity index (χ1n) is 14.0. The quantitative estimate of drug-likeness (QED) is 0.145. The van der Waals surface area contributed by atoms with Gasteiger partial charge in [0.15, 0.2) is 0 Å². The van der Waals surface area contributed by atoms with Crippen LogP contribution >= 0.6 is 21.9 Å². The first kappa shape index (κ1) is 33.2. The van der Waals surface area contributed by atoms with Crippen molar-refractivity contribution in [3.05, 3.63) is 0 Å². The van der Waals surface area contributed by atoms with Gasteiger partial charge in [0, 0.05) is 17.7 Å². The van der Waals surface area contributed by atoms with Crippen LogP contribution in [0.3, 0.4) is 0 Å². The molecule has 0 saturated heterocycles. The second kappa shape index (κ2) is 11.0. The van der Waals surface area contributed by atoms with Crippen LogP contribution in [0.15, 0.2) is 0 Å². The van der Waals surface area contributed by atoms with Gasteiger partial charge in [-0.05, 0) is 80.1 Å². The van der Waals surface area contributed by atoms with Crippen molar-refractivity contribution in [1.29, 1.82) is 0 Å². The highest BCUT2D eigenvalue weighted by molar-refractivity contribution is 8.34. The molecule has 0 aromatic rings.